The maximum absolute atomic E-state index is 11.8. The van der Waals surface area contributed by atoms with Crippen molar-refractivity contribution in [3.8, 4) is 10.6 Å². The van der Waals surface area contributed by atoms with E-state index in [0.29, 0.717) is 15.2 Å². The van der Waals surface area contributed by atoms with Crippen LogP contribution in [0.25, 0.3) is 10.6 Å². The number of furan rings is 1. The normalized spacial score (nSPS) is 10.4. The monoisotopic (exact) mass is 305 g/mol. The van der Waals surface area contributed by atoms with Crippen molar-refractivity contribution in [2.24, 2.45) is 0 Å². The van der Waals surface area contributed by atoms with Crippen LogP contribution in [-0.2, 0) is 0 Å². The average molecular weight is 306 g/mol. The number of carbonyl (C=O) groups excluding carboxylic acids is 1. The molecule has 3 rings (SSSR count). The molecule has 0 fully saturated rings. The van der Waals surface area contributed by atoms with Crippen LogP contribution in [0, 0.1) is 0 Å². The lowest BCUT2D eigenvalue weighted by Gasteiger charge is -1.96. The number of carbonyl (C=O) groups is 1. The first-order valence-electron chi connectivity index (χ1n) is 5.67. The molecule has 0 aliphatic carbocycles. The van der Waals surface area contributed by atoms with Gasteiger partial charge >= 0.3 is 0 Å². The average Bonchev–Trinajstić information content (AvgIpc) is 3.10. The molecule has 20 heavy (non-hydrogen) atoms. The van der Waals surface area contributed by atoms with Gasteiger partial charge in [0.15, 0.2) is 5.76 Å². The summed E-state index contributed by atoms with van der Waals surface area (Å²) < 4.78 is 5.00. The van der Waals surface area contributed by atoms with Gasteiger partial charge in [0.05, 0.1) is 6.26 Å². The van der Waals surface area contributed by atoms with E-state index in [2.05, 4.69) is 15.5 Å². The number of anilines is 1. The van der Waals surface area contributed by atoms with E-state index in [1.807, 2.05) is 12.1 Å². The van der Waals surface area contributed by atoms with Gasteiger partial charge in [-0.15, -0.1) is 10.2 Å². The van der Waals surface area contributed by atoms with E-state index in [4.69, 9.17) is 16.0 Å². The quantitative estimate of drug-likeness (QED) is 0.801. The van der Waals surface area contributed by atoms with Crippen LogP contribution in [-0.4, -0.2) is 16.1 Å². The highest BCUT2D eigenvalue weighted by atomic mass is 35.5. The Morgan fingerprint density at radius 3 is 2.90 bits per heavy atom. The number of hydrogen-bond acceptors (Lipinski definition) is 5. The van der Waals surface area contributed by atoms with Crippen molar-refractivity contribution >= 4 is 34.0 Å². The number of benzene rings is 1. The van der Waals surface area contributed by atoms with Gasteiger partial charge < -0.3 is 4.42 Å². The molecule has 0 saturated heterocycles. The van der Waals surface area contributed by atoms with Gasteiger partial charge in [0.2, 0.25) is 5.13 Å². The molecule has 2 heterocycles. The van der Waals surface area contributed by atoms with Gasteiger partial charge in [-0.3, -0.25) is 10.1 Å². The third-order valence-electron chi connectivity index (χ3n) is 2.46. The second kappa shape index (κ2) is 5.44. The molecule has 0 bridgehead atoms. The summed E-state index contributed by atoms with van der Waals surface area (Å²) in [5.74, 6) is -0.131. The van der Waals surface area contributed by atoms with E-state index >= 15 is 0 Å². The van der Waals surface area contributed by atoms with Gasteiger partial charge in [-0.2, -0.15) is 0 Å². The predicted octanol–water partition coefficient (Wildman–Crippen LogP) is 3.70. The molecule has 5 nitrogen and oxygen atoms in total. The Morgan fingerprint density at radius 2 is 2.15 bits per heavy atom. The molecule has 7 heteroatoms. The van der Waals surface area contributed by atoms with Crippen molar-refractivity contribution < 1.29 is 9.21 Å². The number of nitrogens with zero attached hydrogens (tertiary/aromatic N) is 2. The first-order valence-corrected chi connectivity index (χ1v) is 6.86. The molecule has 3 aromatic rings. The molecule has 0 atom stereocenters. The maximum atomic E-state index is 11.8. The molecule has 0 aliphatic heterocycles. The standard InChI is InChI=1S/C13H8ClN3O2S/c14-9-4-1-3-8(7-9)12-16-17-13(20-12)15-11(18)10-5-2-6-19-10/h1-7H,(H,15,17,18). The molecule has 2 aromatic heterocycles. The molecule has 1 amide bonds. The summed E-state index contributed by atoms with van der Waals surface area (Å²) in [6, 6.07) is 10.5. The van der Waals surface area contributed by atoms with Crippen molar-refractivity contribution in [2.45, 2.75) is 0 Å². The van der Waals surface area contributed by atoms with Crippen molar-refractivity contribution in [3.63, 3.8) is 0 Å². The van der Waals surface area contributed by atoms with E-state index in [1.165, 1.54) is 17.6 Å². The molecule has 0 spiro atoms. The van der Waals surface area contributed by atoms with E-state index in [0.717, 1.165) is 5.56 Å². The van der Waals surface area contributed by atoms with E-state index in [-0.39, 0.29) is 11.7 Å². The van der Waals surface area contributed by atoms with Crippen molar-refractivity contribution in [1.82, 2.24) is 10.2 Å². The fourth-order valence-electron chi connectivity index (χ4n) is 1.58. The zero-order chi connectivity index (χ0) is 13.9. The van der Waals surface area contributed by atoms with Crippen LogP contribution >= 0.6 is 22.9 Å². The summed E-state index contributed by atoms with van der Waals surface area (Å²) in [4.78, 5) is 11.8. The summed E-state index contributed by atoms with van der Waals surface area (Å²) >= 11 is 7.19. The largest absolute Gasteiger partial charge is 0.459 e. The lowest BCUT2D eigenvalue weighted by Crippen LogP contribution is -2.10. The van der Waals surface area contributed by atoms with Crippen molar-refractivity contribution in [2.75, 3.05) is 5.32 Å². The van der Waals surface area contributed by atoms with Gasteiger partial charge in [-0.1, -0.05) is 35.1 Å². The Kier molecular flexibility index (Phi) is 3.49. The van der Waals surface area contributed by atoms with Crippen LogP contribution in [0.5, 0.6) is 0 Å². The molecule has 1 aromatic carbocycles. The first-order chi connectivity index (χ1) is 9.72. The highest BCUT2D eigenvalue weighted by Gasteiger charge is 2.13. The minimum atomic E-state index is -0.358. The summed E-state index contributed by atoms with van der Waals surface area (Å²) in [6.07, 6.45) is 1.44. The Hall–Kier alpha value is -2.18. The molecule has 100 valence electrons. The Labute approximate surface area is 123 Å². The van der Waals surface area contributed by atoms with Crippen LogP contribution in [0.2, 0.25) is 5.02 Å². The van der Waals surface area contributed by atoms with Crippen LogP contribution in [0.3, 0.4) is 0 Å². The molecule has 0 radical (unpaired) electrons. The van der Waals surface area contributed by atoms with Crippen LogP contribution in [0.4, 0.5) is 5.13 Å². The van der Waals surface area contributed by atoms with Gasteiger partial charge in [0, 0.05) is 10.6 Å². The van der Waals surface area contributed by atoms with Crippen molar-refractivity contribution in [1.29, 1.82) is 0 Å². The fraction of sp³-hybridized carbons (Fsp3) is 0. The maximum Gasteiger partial charge on any atom is 0.293 e. The summed E-state index contributed by atoms with van der Waals surface area (Å²) in [7, 11) is 0. The second-order valence-corrected chi connectivity index (χ2v) is 5.27. The third-order valence-corrected chi connectivity index (χ3v) is 3.58. The van der Waals surface area contributed by atoms with Gasteiger partial charge in [0.25, 0.3) is 5.91 Å². The fourth-order valence-corrected chi connectivity index (χ4v) is 2.50. The number of amides is 1. The molecule has 0 aliphatic rings. The van der Waals surface area contributed by atoms with E-state index in [9.17, 15) is 4.79 Å². The second-order valence-electron chi connectivity index (χ2n) is 3.85. The predicted molar refractivity (Wildman–Crippen MR) is 77.0 cm³/mol. The van der Waals surface area contributed by atoms with Gasteiger partial charge in [0.1, 0.15) is 5.01 Å². The Balaban J connectivity index is 1.79. The minimum absolute atomic E-state index is 0.226. The Morgan fingerprint density at radius 1 is 1.25 bits per heavy atom. The van der Waals surface area contributed by atoms with Gasteiger partial charge in [-0.25, -0.2) is 0 Å². The zero-order valence-electron chi connectivity index (χ0n) is 10.0. The number of nitrogens with one attached hydrogen (secondary N) is 1. The molecular weight excluding hydrogens is 298 g/mol. The SMILES string of the molecule is O=C(Nc1nnc(-c2cccc(Cl)c2)s1)c1ccco1. The topological polar surface area (TPSA) is 68.0 Å². The van der Waals surface area contributed by atoms with Crippen LogP contribution < -0.4 is 5.32 Å². The minimum Gasteiger partial charge on any atom is -0.459 e. The zero-order valence-corrected chi connectivity index (χ0v) is 11.6. The lowest BCUT2D eigenvalue weighted by molar-refractivity contribution is 0.0996. The summed E-state index contributed by atoms with van der Waals surface area (Å²) in [5, 5.41) is 12.3. The Bertz CT molecular complexity index is 740. The highest BCUT2D eigenvalue weighted by molar-refractivity contribution is 7.18. The number of rotatable bonds is 3. The van der Waals surface area contributed by atoms with Crippen LogP contribution in [0.1, 0.15) is 10.6 Å². The summed E-state index contributed by atoms with van der Waals surface area (Å²) in [5.41, 5.74) is 0.855. The molecular formula is C13H8ClN3O2S. The summed E-state index contributed by atoms with van der Waals surface area (Å²) in [6.45, 7) is 0. The molecule has 0 unspecified atom stereocenters. The van der Waals surface area contributed by atoms with E-state index in [1.54, 1.807) is 24.3 Å². The third kappa shape index (κ3) is 2.71. The highest BCUT2D eigenvalue weighted by Crippen LogP contribution is 2.28. The molecule has 0 saturated carbocycles. The van der Waals surface area contributed by atoms with E-state index < -0.39 is 0 Å². The lowest BCUT2D eigenvalue weighted by atomic mass is 10.2. The first kappa shape index (κ1) is 12.8. The number of aromatic nitrogens is 2. The molecule has 1 N–H and O–H groups in total. The number of hydrogen-bond donors (Lipinski definition) is 1. The number of halogens is 1. The van der Waals surface area contributed by atoms with Crippen LogP contribution in [0.15, 0.2) is 47.1 Å². The van der Waals surface area contributed by atoms with Gasteiger partial charge in [-0.05, 0) is 24.3 Å². The smallest absolute Gasteiger partial charge is 0.293 e. The van der Waals surface area contributed by atoms with Crippen molar-refractivity contribution in [3.05, 3.63) is 53.4 Å².